The van der Waals surface area contributed by atoms with Crippen molar-refractivity contribution in [1.29, 1.82) is 0 Å². The van der Waals surface area contributed by atoms with Crippen LogP contribution >= 0.6 is 0 Å². The molecule has 0 unspecified atom stereocenters. The van der Waals surface area contributed by atoms with E-state index in [9.17, 15) is 0 Å². The number of hydrogen-bond donors (Lipinski definition) is 2. The summed E-state index contributed by atoms with van der Waals surface area (Å²) < 4.78 is 5.31. The summed E-state index contributed by atoms with van der Waals surface area (Å²) in [6.07, 6.45) is 0.986. The summed E-state index contributed by atoms with van der Waals surface area (Å²) in [6, 6.07) is 0. The Morgan fingerprint density at radius 1 is 1.18 bits per heavy atom. The molecular formula is C8H20N2O. The molecule has 0 aromatic heterocycles. The Bertz CT molecular complexity index is 83.8. The van der Waals surface area contributed by atoms with Crippen molar-refractivity contribution < 1.29 is 4.74 Å². The second-order valence-corrected chi connectivity index (χ2v) is 2.90. The van der Waals surface area contributed by atoms with E-state index >= 15 is 0 Å². The maximum absolute atomic E-state index is 5.61. The number of hydrogen-bond acceptors (Lipinski definition) is 3. The van der Waals surface area contributed by atoms with Gasteiger partial charge in [-0.05, 0) is 13.3 Å². The van der Waals surface area contributed by atoms with E-state index in [-0.39, 0.29) is 5.41 Å². The zero-order chi connectivity index (χ0) is 8.74. The van der Waals surface area contributed by atoms with Crippen molar-refractivity contribution in [2.75, 3.05) is 26.3 Å². The van der Waals surface area contributed by atoms with E-state index < -0.39 is 0 Å². The lowest BCUT2D eigenvalue weighted by atomic mass is 9.86. The molecule has 0 aliphatic heterocycles. The first-order valence-electron chi connectivity index (χ1n) is 4.22. The van der Waals surface area contributed by atoms with Gasteiger partial charge in [0, 0.05) is 25.1 Å². The molecule has 0 heterocycles. The van der Waals surface area contributed by atoms with E-state index in [1.54, 1.807) is 0 Å². The van der Waals surface area contributed by atoms with Crippen molar-refractivity contribution in [2.24, 2.45) is 16.9 Å². The van der Waals surface area contributed by atoms with Crippen molar-refractivity contribution in [2.45, 2.75) is 20.3 Å². The molecule has 0 aliphatic rings. The Morgan fingerprint density at radius 3 is 2.00 bits per heavy atom. The van der Waals surface area contributed by atoms with Gasteiger partial charge in [0.15, 0.2) is 0 Å². The highest BCUT2D eigenvalue weighted by molar-refractivity contribution is 4.79. The van der Waals surface area contributed by atoms with E-state index in [4.69, 9.17) is 16.2 Å². The molecule has 0 fully saturated rings. The van der Waals surface area contributed by atoms with Gasteiger partial charge in [0.25, 0.3) is 0 Å². The predicted molar refractivity (Wildman–Crippen MR) is 47.3 cm³/mol. The summed E-state index contributed by atoms with van der Waals surface area (Å²) >= 11 is 0. The largest absolute Gasteiger partial charge is 0.381 e. The van der Waals surface area contributed by atoms with Crippen LogP contribution in [-0.4, -0.2) is 26.3 Å². The molecule has 0 atom stereocenters. The van der Waals surface area contributed by atoms with Crippen LogP contribution in [0, 0.1) is 5.41 Å². The Kier molecular flexibility index (Phi) is 5.46. The van der Waals surface area contributed by atoms with Crippen molar-refractivity contribution in [3.05, 3.63) is 0 Å². The first kappa shape index (κ1) is 10.9. The molecule has 3 nitrogen and oxygen atoms in total. The van der Waals surface area contributed by atoms with Crippen molar-refractivity contribution >= 4 is 0 Å². The SMILES string of the molecule is CCOCC(CC)(CN)CN. The Balaban J connectivity index is 3.84. The second-order valence-electron chi connectivity index (χ2n) is 2.90. The van der Waals surface area contributed by atoms with E-state index in [1.807, 2.05) is 6.92 Å². The van der Waals surface area contributed by atoms with Gasteiger partial charge in [-0.1, -0.05) is 6.92 Å². The molecule has 0 saturated carbocycles. The highest BCUT2D eigenvalue weighted by Gasteiger charge is 2.24. The van der Waals surface area contributed by atoms with Crippen LogP contribution < -0.4 is 11.5 Å². The predicted octanol–water partition coefficient (Wildman–Crippen LogP) is 0.337. The molecule has 11 heavy (non-hydrogen) atoms. The lowest BCUT2D eigenvalue weighted by Crippen LogP contribution is -2.41. The second kappa shape index (κ2) is 5.52. The molecular weight excluding hydrogens is 140 g/mol. The standard InChI is InChI=1S/C8H20N2O/c1-3-8(5-9,6-10)7-11-4-2/h3-7,9-10H2,1-2H3. The molecule has 0 bridgehead atoms. The molecule has 0 saturated heterocycles. The van der Waals surface area contributed by atoms with Crippen LogP contribution in [0.5, 0.6) is 0 Å². The maximum Gasteiger partial charge on any atom is 0.0546 e. The summed E-state index contributed by atoms with van der Waals surface area (Å²) in [4.78, 5) is 0. The van der Waals surface area contributed by atoms with Crippen molar-refractivity contribution in [3.8, 4) is 0 Å². The van der Waals surface area contributed by atoms with E-state index in [0.717, 1.165) is 13.0 Å². The first-order chi connectivity index (χ1) is 5.24. The van der Waals surface area contributed by atoms with Gasteiger partial charge in [0.05, 0.1) is 6.61 Å². The highest BCUT2D eigenvalue weighted by Crippen LogP contribution is 2.18. The van der Waals surface area contributed by atoms with E-state index in [2.05, 4.69) is 6.92 Å². The summed E-state index contributed by atoms with van der Waals surface area (Å²) in [7, 11) is 0. The Morgan fingerprint density at radius 2 is 1.73 bits per heavy atom. The fourth-order valence-corrected chi connectivity index (χ4v) is 0.910. The zero-order valence-electron chi connectivity index (χ0n) is 7.60. The Hall–Kier alpha value is -0.120. The van der Waals surface area contributed by atoms with Gasteiger partial charge in [0.1, 0.15) is 0 Å². The zero-order valence-corrected chi connectivity index (χ0v) is 7.60. The number of rotatable bonds is 6. The van der Waals surface area contributed by atoms with Gasteiger partial charge < -0.3 is 16.2 Å². The molecule has 0 rings (SSSR count). The molecule has 0 aromatic rings. The molecule has 0 aliphatic carbocycles. The molecule has 0 aromatic carbocycles. The molecule has 4 N–H and O–H groups in total. The van der Waals surface area contributed by atoms with Crippen LogP contribution in [0.3, 0.4) is 0 Å². The van der Waals surface area contributed by atoms with Crippen LogP contribution in [0.1, 0.15) is 20.3 Å². The molecule has 0 amide bonds. The summed E-state index contributed by atoms with van der Waals surface area (Å²) in [5.41, 5.74) is 11.2. The first-order valence-corrected chi connectivity index (χ1v) is 4.22. The summed E-state index contributed by atoms with van der Waals surface area (Å²) in [5, 5.41) is 0. The van der Waals surface area contributed by atoms with Gasteiger partial charge in [-0.25, -0.2) is 0 Å². The smallest absolute Gasteiger partial charge is 0.0546 e. The highest BCUT2D eigenvalue weighted by atomic mass is 16.5. The Labute approximate surface area is 69.1 Å². The molecule has 3 heteroatoms. The van der Waals surface area contributed by atoms with Gasteiger partial charge in [0.2, 0.25) is 0 Å². The minimum absolute atomic E-state index is 0.00993. The van der Waals surface area contributed by atoms with Crippen LogP contribution in [0.2, 0.25) is 0 Å². The molecule has 0 spiro atoms. The van der Waals surface area contributed by atoms with Gasteiger partial charge in [-0.3, -0.25) is 0 Å². The average Bonchev–Trinajstić information content (AvgIpc) is 2.08. The quantitative estimate of drug-likeness (QED) is 0.589. The third-order valence-electron chi connectivity index (χ3n) is 2.23. The van der Waals surface area contributed by atoms with Crippen molar-refractivity contribution in [3.63, 3.8) is 0 Å². The minimum Gasteiger partial charge on any atom is -0.381 e. The minimum atomic E-state index is 0.00993. The van der Waals surface area contributed by atoms with Crippen LogP contribution in [0.15, 0.2) is 0 Å². The van der Waals surface area contributed by atoms with Gasteiger partial charge in [-0.15, -0.1) is 0 Å². The third-order valence-corrected chi connectivity index (χ3v) is 2.23. The topological polar surface area (TPSA) is 61.3 Å². The monoisotopic (exact) mass is 160 g/mol. The molecule has 0 radical (unpaired) electrons. The van der Waals surface area contributed by atoms with Crippen LogP contribution in [-0.2, 0) is 4.74 Å². The average molecular weight is 160 g/mol. The van der Waals surface area contributed by atoms with Crippen molar-refractivity contribution in [1.82, 2.24) is 0 Å². The fourth-order valence-electron chi connectivity index (χ4n) is 0.910. The van der Waals surface area contributed by atoms with Crippen LogP contribution in [0.25, 0.3) is 0 Å². The lowest BCUT2D eigenvalue weighted by Gasteiger charge is -2.29. The summed E-state index contributed by atoms with van der Waals surface area (Å²) in [5.74, 6) is 0. The molecule has 68 valence electrons. The lowest BCUT2D eigenvalue weighted by molar-refractivity contribution is 0.0573. The number of ether oxygens (including phenoxy) is 1. The van der Waals surface area contributed by atoms with Gasteiger partial charge in [-0.2, -0.15) is 0 Å². The van der Waals surface area contributed by atoms with E-state index in [0.29, 0.717) is 19.7 Å². The van der Waals surface area contributed by atoms with E-state index in [1.165, 1.54) is 0 Å². The number of nitrogens with two attached hydrogens (primary N) is 2. The normalized spacial score (nSPS) is 12.0. The third kappa shape index (κ3) is 3.18. The fraction of sp³-hybridized carbons (Fsp3) is 1.00. The van der Waals surface area contributed by atoms with Crippen LogP contribution in [0.4, 0.5) is 0 Å². The summed E-state index contributed by atoms with van der Waals surface area (Å²) in [6.45, 7) is 6.72. The van der Waals surface area contributed by atoms with Gasteiger partial charge >= 0.3 is 0 Å². The maximum atomic E-state index is 5.61.